The van der Waals surface area contributed by atoms with Crippen molar-refractivity contribution in [2.24, 2.45) is 17.8 Å². The lowest BCUT2D eigenvalue weighted by molar-refractivity contribution is -0.148. The molecule has 8 rings (SSSR count). The second-order valence-corrected chi connectivity index (χ2v) is 34.3. The summed E-state index contributed by atoms with van der Waals surface area (Å²) in [4.78, 5) is 175. The fourth-order valence-corrected chi connectivity index (χ4v) is 16.7. The maximum absolute atomic E-state index is 15.8. The molecule has 4 aromatic carbocycles. The first-order valence-electron chi connectivity index (χ1n) is 42.9. The molecule has 0 aromatic heterocycles. The zero-order chi connectivity index (χ0) is 89.6. The van der Waals surface area contributed by atoms with Gasteiger partial charge in [-0.15, -0.1) is 0 Å². The van der Waals surface area contributed by atoms with Gasteiger partial charge in [0.2, 0.25) is 65.5 Å². The van der Waals surface area contributed by atoms with Gasteiger partial charge in [0, 0.05) is 64.3 Å². The Hall–Kier alpha value is -9.85. The van der Waals surface area contributed by atoms with E-state index in [9.17, 15) is 69.6 Å². The van der Waals surface area contributed by atoms with Crippen molar-refractivity contribution in [2.75, 3.05) is 51.3 Å². The number of phenolic OH excluding ortho intramolecular Hbond substituents is 1. The van der Waals surface area contributed by atoms with Gasteiger partial charge in [0.1, 0.15) is 85.1 Å². The second-order valence-electron chi connectivity index (χ2n) is 33.3. The van der Waals surface area contributed by atoms with Gasteiger partial charge in [0.25, 0.3) is 0 Å². The number of carbonyl (C=O) groups excluding carboxylic acids is 12. The number of amides is 12. The Balaban J connectivity index is 1.13. The number of carbonyl (C=O) groups is 12. The lowest BCUT2D eigenvalue weighted by Gasteiger charge is -2.35. The van der Waals surface area contributed by atoms with Crippen LogP contribution in [-0.2, 0) is 63.9 Å². The largest absolute Gasteiger partial charge is 0.508 e. The number of hydrogen-bond acceptors (Lipinski definition) is 23. The number of aliphatic hydroxyl groups is 7. The Morgan fingerprint density at radius 1 is 0.610 bits per heavy atom. The molecule has 19 N–H and O–H groups in total. The van der Waals surface area contributed by atoms with Gasteiger partial charge in [-0.3, -0.25) is 58.1 Å². The van der Waals surface area contributed by atoms with Crippen LogP contribution >= 0.6 is 11.8 Å². The van der Waals surface area contributed by atoms with E-state index < -0.39 is 207 Å². The molecule has 35 heteroatoms. The third-order valence-electron chi connectivity index (χ3n) is 23.2. The van der Waals surface area contributed by atoms with Crippen molar-refractivity contribution in [2.45, 2.75) is 260 Å². The van der Waals surface area contributed by atoms with Crippen molar-refractivity contribution in [3.05, 3.63) is 125 Å². The van der Waals surface area contributed by atoms with Gasteiger partial charge < -0.3 is 109 Å². The Bertz CT molecular complexity index is 4110. The molecule has 3 saturated heterocycles. The maximum Gasteiger partial charge on any atom is 0.407 e. The van der Waals surface area contributed by atoms with E-state index in [1.54, 1.807) is 44.2 Å². The summed E-state index contributed by atoms with van der Waals surface area (Å²) in [6.07, 6.45) is -8.59. The van der Waals surface area contributed by atoms with Crippen LogP contribution < -0.4 is 58.5 Å². The highest BCUT2D eigenvalue weighted by atomic mass is 32.2. The number of fused-ring (bicyclic) bond motifs is 5. The lowest BCUT2D eigenvalue weighted by atomic mass is 9.91. The van der Waals surface area contributed by atoms with Gasteiger partial charge in [-0.05, 0) is 121 Å². The highest BCUT2D eigenvalue weighted by Gasteiger charge is 2.50. The Morgan fingerprint density at radius 2 is 1.23 bits per heavy atom. The number of benzene rings is 4. The van der Waals surface area contributed by atoms with Crippen LogP contribution in [0.4, 0.5) is 4.79 Å². The molecule has 0 radical (unpaired) electrons. The van der Waals surface area contributed by atoms with E-state index in [-0.39, 0.29) is 74.9 Å². The third-order valence-corrected chi connectivity index (χ3v) is 23.9. The van der Waals surface area contributed by atoms with E-state index in [0.29, 0.717) is 42.4 Å². The molecule has 4 aliphatic rings. The minimum atomic E-state index is -2.46. The Morgan fingerprint density at radius 3 is 1.88 bits per heavy atom. The number of nitrogens with zero attached hydrogens (tertiary/aromatic N) is 2. The van der Waals surface area contributed by atoms with Crippen molar-refractivity contribution in [3.8, 4) is 16.9 Å². The van der Waals surface area contributed by atoms with Crippen molar-refractivity contribution in [1.82, 2.24) is 68.3 Å². The minimum Gasteiger partial charge on any atom is -0.508 e. The Kier molecular flexibility index (Phi) is 39.3. The summed E-state index contributed by atoms with van der Waals surface area (Å²) >= 11 is 1.43. The van der Waals surface area contributed by atoms with Gasteiger partial charge in [-0.25, -0.2) is 4.79 Å². The molecule has 3 heterocycles. The molecule has 34 nitrogen and oxygen atoms in total. The van der Waals surface area contributed by atoms with Crippen molar-refractivity contribution in [3.63, 3.8) is 0 Å². The molecule has 3 aliphatic heterocycles. The van der Waals surface area contributed by atoms with Crippen LogP contribution in [0.3, 0.4) is 0 Å². The van der Waals surface area contributed by atoms with Crippen LogP contribution in [0.5, 0.6) is 5.75 Å². The zero-order valence-electron chi connectivity index (χ0n) is 71.2. The molecule has 19 atom stereocenters. The van der Waals surface area contributed by atoms with Gasteiger partial charge in [0.05, 0.1) is 30.5 Å². The maximum atomic E-state index is 15.8. The van der Waals surface area contributed by atoms with E-state index in [1.807, 2.05) is 54.8 Å². The molecule has 1 aliphatic carbocycles. The van der Waals surface area contributed by atoms with Crippen LogP contribution in [0.25, 0.3) is 11.1 Å². The van der Waals surface area contributed by atoms with Gasteiger partial charge in [0.15, 0.2) is 0 Å². The van der Waals surface area contributed by atoms with Crippen molar-refractivity contribution < 1.29 is 103 Å². The molecule has 12 amide bonds. The SMILES string of the molecule is CC[C@H](C)C[C@H](C)CCCCCCCCC(=O)N[C@H]1C[C@@H](O)[C@@H](NCCNC(=O)OCC2c3ccccc3-c3ccccc32)NC(=O)[C@@H]2[C@@H](O)CCN2C(=O)[C@H]([C@H](O)CCNC(=O)[C@H](Cc2ccccc2)NC(=O)[C@H](CC(C)C)NC(=O)[C@H](CCSC)NC=O)NC(=O)[C@H]([C@H](O)[C@@H](O)c2ccc(O)cc2)NC(=O)[C@@H]2C[C@@H](O)CN2C(=O)[C@H]([C@@H](C)O)NC1=O. The lowest BCUT2D eigenvalue weighted by Crippen LogP contribution is -2.65. The molecule has 0 saturated carbocycles. The zero-order valence-corrected chi connectivity index (χ0v) is 72.0. The molecular formula is C88H127N13O21S. The number of alkyl carbamates (subject to hydrolysis) is 1. The smallest absolute Gasteiger partial charge is 0.407 e. The monoisotopic (exact) mass is 1730 g/mol. The third kappa shape index (κ3) is 28.9. The van der Waals surface area contributed by atoms with Crippen LogP contribution in [0.15, 0.2) is 103 Å². The first-order valence-corrected chi connectivity index (χ1v) is 44.3. The summed E-state index contributed by atoms with van der Waals surface area (Å²) in [6, 6.07) is 12.5. The number of aromatic hydroxyl groups is 1. The van der Waals surface area contributed by atoms with Crippen LogP contribution in [0.1, 0.15) is 179 Å². The first kappa shape index (κ1) is 98.6. The average molecular weight is 1740 g/mol. The van der Waals surface area contributed by atoms with Gasteiger partial charge in [-0.2, -0.15) is 11.8 Å². The average Bonchev–Trinajstić information content (AvgIpc) is 1.63. The molecule has 676 valence electrons. The standard InChI is InChI=1S/C88H127N13O21S/c1-8-51(4)43-52(5)22-14-11-9-10-12-17-29-71(109)93-66-46-70(108)78(89-38-39-91-88(121)122-48-62-60-27-20-18-25-58(60)59-26-19-21-28-61(59)62)99-85(118)75-69(107)35-40-100(75)87(120)73(68(106)34-37-90-79(112)65(44-54-23-15-13-16-24-54)95-81(114)64(42-50(2)3)94-80(113)63(92-49-102)36-41-123-7)97-84(117)74(77(111)76(110)55-30-32-56(104)33-31-55)98-83(116)67-45-57(105)47-101(67)86(119)72(53(6)103)96-82(66)115/h13,15-16,18-21,23-28,30-33,49-53,57,62-70,72-78,89,103-108,110-111H,8-12,14,17,22,29,34-48H2,1-7H3,(H,90,112)(H,91,121)(H,92,102)(H,93,109)(H,94,113)(H,95,114)(H,96,115)(H,97,117)(H,98,116)(H,99,118)/t51-,52+,53+,57+,63-,64-,65-,66-,67-,68+,69-,70+,72-,73-,74-,75-,76-,77-,78-/m0/s1. The van der Waals surface area contributed by atoms with Gasteiger partial charge in [-0.1, -0.05) is 171 Å². The molecule has 0 spiro atoms. The number of thioether (sulfide) groups is 1. The minimum absolute atomic E-state index is 0.0666. The van der Waals surface area contributed by atoms with E-state index in [0.717, 1.165) is 96.1 Å². The summed E-state index contributed by atoms with van der Waals surface area (Å²) in [6.45, 7) is 9.05. The number of unbranched alkanes of at least 4 members (excludes halogenated alkanes) is 5. The molecule has 4 aromatic rings. The summed E-state index contributed by atoms with van der Waals surface area (Å²) in [5.74, 6) is -9.82. The molecular weight excluding hydrogens is 1610 g/mol. The number of hydrogen-bond donors (Lipinski definition) is 19. The predicted molar refractivity (Wildman–Crippen MR) is 458 cm³/mol. The van der Waals surface area contributed by atoms with E-state index in [1.165, 1.54) is 23.9 Å². The summed E-state index contributed by atoms with van der Waals surface area (Å²) in [5.41, 5.74) is 4.27. The molecule has 123 heavy (non-hydrogen) atoms. The summed E-state index contributed by atoms with van der Waals surface area (Å²) < 4.78 is 5.77. The summed E-state index contributed by atoms with van der Waals surface area (Å²) in [7, 11) is 0. The van der Waals surface area contributed by atoms with Crippen molar-refractivity contribution in [1.29, 1.82) is 0 Å². The van der Waals surface area contributed by atoms with Crippen LogP contribution in [0.2, 0.25) is 0 Å². The highest BCUT2D eigenvalue weighted by Crippen LogP contribution is 2.44. The first-order chi connectivity index (χ1) is 58.8. The topological polar surface area (TPSA) is 515 Å². The molecule has 0 unspecified atom stereocenters. The number of phenols is 1. The second kappa shape index (κ2) is 49.0. The number of aliphatic hydroxyl groups excluding tert-OH is 7. The van der Waals surface area contributed by atoms with E-state index >= 15 is 28.8 Å². The van der Waals surface area contributed by atoms with E-state index in [4.69, 9.17) is 4.74 Å². The fourth-order valence-electron chi connectivity index (χ4n) is 16.3. The quantitative estimate of drug-likeness (QED) is 0.0221. The molecule has 3 fully saturated rings. The Labute approximate surface area is 722 Å². The number of nitrogens with one attached hydrogen (secondary N) is 11. The summed E-state index contributed by atoms with van der Waals surface area (Å²) in [5, 5.41) is 123. The van der Waals surface area contributed by atoms with Gasteiger partial charge >= 0.3 is 6.09 Å². The highest BCUT2D eigenvalue weighted by molar-refractivity contribution is 7.98. The fraction of sp³-hybridized carbons (Fsp3) is 0.591. The predicted octanol–water partition coefficient (Wildman–Crippen LogP) is 1.55. The van der Waals surface area contributed by atoms with Crippen molar-refractivity contribution >= 4 is 83.3 Å². The van der Waals surface area contributed by atoms with Crippen LogP contribution in [0, 0.1) is 17.8 Å². The number of ether oxygens (including phenoxy) is 1. The van der Waals surface area contributed by atoms with Crippen LogP contribution in [-0.4, -0.2) is 271 Å². The number of rotatable bonds is 41. The molecule has 0 bridgehead atoms. The van der Waals surface area contributed by atoms with E-state index in [2.05, 4.69) is 79.3 Å². The normalized spacial score (nSPS) is 23.2.